The molecule has 1 aliphatic heterocycles. The molecule has 0 saturated carbocycles. The molecule has 1 aliphatic rings. The molecule has 3 aromatic rings. The summed E-state index contributed by atoms with van der Waals surface area (Å²) in [5.74, 6) is -0.624. The molecule has 27 heavy (non-hydrogen) atoms. The molecular weight excluding hydrogens is 346 g/mol. The lowest BCUT2D eigenvalue weighted by Crippen LogP contribution is -2.39. The van der Waals surface area contributed by atoms with Crippen molar-refractivity contribution >= 4 is 10.9 Å². The molecule has 1 unspecified atom stereocenters. The Morgan fingerprint density at radius 2 is 1.93 bits per heavy atom. The standard InChI is InChI=1S/C22H24F2N2O/c1-2-3-4-16-11-18-17-9-13(12-27)10-19(24)21(17)26-22(18)20(25-16)14-5-7-15(23)8-6-14/h5-10,16,20,25-27H,2-4,11-12H2,1H3/t16-,20?/m0/s1. The maximum Gasteiger partial charge on any atom is 0.147 e. The van der Waals surface area contributed by atoms with Gasteiger partial charge >= 0.3 is 0 Å². The Kier molecular flexibility index (Phi) is 4.98. The SMILES string of the molecule is CCCC[C@H]1Cc2c([nH]c3c(F)cc(CO)cc23)C(c2ccc(F)cc2)N1. The summed E-state index contributed by atoms with van der Waals surface area (Å²) in [6, 6.07) is 9.85. The summed E-state index contributed by atoms with van der Waals surface area (Å²) >= 11 is 0. The highest BCUT2D eigenvalue weighted by atomic mass is 19.1. The van der Waals surface area contributed by atoms with E-state index in [0.717, 1.165) is 47.9 Å². The smallest absolute Gasteiger partial charge is 0.147 e. The van der Waals surface area contributed by atoms with Crippen LogP contribution < -0.4 is 5.32 Å². The highest BCUT2D eigenvalue weighted by molar-refractivity contribution is 5.86. The Bertz CT molecular complexity index is 949. The normalized spacial score (nSPS) is 19.4. The Morgan fingerprint density at radius 3 is 2.63 bits per heavy atom. The Morgan fingerprint density at radius 1 is 1.15 bits per heavy atom. The molecule has 142 valence electrons. The van der Waals surface area contributed by atoms with Crippen LogP contribution in [-0.2, 0) is 13.0 Å². The maximum atomic E-state index is 14.6. The molecule has 0 radical (unpaired) electrons. The van der Waals surface area contributed by atoms with Gasteiger partial charge in [-0.1, -0.05) is 31.9 Å². The second-order valence-electron chi connectivity index (χ2n) is 7.37. The fraction of sp³-hybridized carbons (Fsp3) is 0.364. The largest absolute Gasteiger partial charge is 0.392 e. The van der Waals surface area contributed by atoms with Crippen LogP contribution in [0, 0.1) is 11.6 Å². The van der Waals surface area contributed by atoms with E-state index in [1.807, 2.05) is 6.07 Å². The van der Waals surface area contributed by atoms with E-state index in [0.29, 0.717) is 11.1 Å². The molecule has 3 N–H and O–H groups in total. The third-order valence-electron chi connectivity index (χ3n) is 5.49. The van der Waals surface area contributed by atoms with Gasteiger partial charge in [0.25, 0.3) is 0 Å². The lowest BCUT2D eigenvalue weighted by Gasteiger charge is -2.32. The summed E-state index contributed by atoms with van der Waals surface area (Å²) in [6.45, 7) is 1.98. The molecule has 0 fully saturated rings. The highest BCUT2D eigenvalue weighted by Crippen LogP contribution is 2.37. The molecule has 0 spiro atoms. The minimum Gasteiger partial charge on any atom is -0.392 e. The minimum absolute atomic E-state index is 0.138. The van der Waals surface area contributed by atoms with E-state index in [-0.39, 0.29) is 30.3 Å². The van der Waals surface area contributed by atoms with Crippen LogP contribution in [-0.4, -0.2) is 16.1 Å². The monoisotopic (exact) mass is 370 g/mol. The van der Waals surface area contributed by atoms with Crippen LogP contribution >= 0.6 is 0 Å². The van der Waals surface area contributed by atoms with Gasteiger partial charge < -0.3 is 15.4 Å². The molecule has 1 aromatic heterocycles. The maximum absolute atomic E-state index is 14.6. The van der Waals surface area contributed by atoms with E-state index < -0.39 is 0 Å². The fourth-order valence-electron chi connectivity index (χ4n) is 4.12. The average Bonchev–Trinajstić information content (AvgIpc) is 3.05. The van der Waals surface area contributed by atoms with E-state index in [2.05, 4.69) is 17.2 Å². The Hall–Kier alpha value is -2.24. The van der Waals surface area contributed by atoms with Gasteiger partial charge in [0.1, 0.15) is 11.6 Å². The second-order valence-corrected chi connectivity index (χ2v) is 7.37. The van der Waals surface area contributed by atoms with E-state index in [1.165, 1.54) is 18.2 Å². The summed E-state index contributed by atoms with van der Waals surface area (Å²) in [7, 11) is 0. The lowest BCUT2D eigenvalue weighted by atomic mass is 9.88. The quantitative estimate of drug-likeness (QED) is 0.608. The van der Waals surface area contributed by atoms with Gasteiger partial charge in [0, 0.05) is 17.1 Å². The number of rotatable bonds is 5. The molecule has 5 heteroatoms. The summed E-state index contributed by atoms with van der Waals surface area (Å²) in [6.07, 6.45) is 4.06. The first-order valence-corrected chi connectivity index (χ1v) is 9.56. The van der Waals surface area contributed by atoms with Crippen molar-refractivity contribution in [3.8, 4) is 0 Å². The van der Waals surface area contributed by atoms with Gasteiger partial charge in [-0.05, 0) is 53.8 Å². The molecule has 2 aromatic carbocycles. The molecule has 0 saturated heterocycles. The van der Waals surface area contributed by atoms with E-state index in [1.54, 1.807) is 12.1 Å². The number of unbranched alkanes of at least 4 members (excludes halogenated alkanes) is 1. The van der Waals surface area contributed by atoms with Gasteiger partial charge in [-0.25, -0.2) is 8.78 Å². The predicted molar refractivity (Wildman–Crippen MR) is 103 cm³/mol. The van der Waals surface area contributed by atoms with Crippen molar-refractivity contribution < 1.29 is 13.9 Å². The van der Waals surface area contributed by atoms with E-state index in [9.17, 15) is 13.9 Å². The zero-order valence-electron chi connectivity index (χ0n) is 15.4. The first kappa shape index (κ1) is 18.1. The van der Waals surface area contributed by atoms with Crippen LogP contribution in [0.1, 0.15) is 54.6 Å². The van der Waals surface area contributed by atoms with Crippen LogP contribution in [0.4, 0.5) is 8.78 Å². The number of hydrogen-bond donors (Lipinski definition) is 3. The zero-order chi connectivity index (χ0) is 19.0. The summed E-state index contributed by atoms with van der Waals surface area (Å²) in [4.78, 5) is 3.26. The average molecular weight is 370 g/mol. The first-order chi connectivity index (χ1) is 13.1. The number of hydrogen-bond acceptors (Lipinski definition) is 2. The number of H-pyrrole nitrogens is 1. The van der Waals surface area contributed by atoms with Gasteiger partial charge in [-0.3, -0.25) is 0 Å². The zero-order valence-corrected chi connectivity index (χ0v) is 15.4. The van der Waals surface area contributed by atoms with Gasteiger partial charge in [0.15, 0.2) is 0 Å². The van der Waals surface area contributed by atoms with Crippen LogP contribution in [0.3, 0.4) is 0 Å². The van der Waals surface area contributed by atoms with Crippen molar-refractivity contribution in [3.05, 3.63) is 70.4 Å². The Balaban J connectivity index is 1.85. The lowest BCUT2D eigenvalue weighted by molar-refractivity contribution is 0.281. The molecule has 0 amide bonds. The number of halogens is 2. The topological polar surface area (TPSA) is 48.0 Å². The number of aromatic amines is 1. The van der Waals surface area contributed by atoms with Crippen molar-refractivity contribution in [2.75, 3.05) is 0 Å². The molecule has 4 rings (SSSR count). The number of aromatic nitrogens is 1. The number of nitrogens with one attached hydrogen (secondary N) is 2. The van der Waals surface area contributed by atoms with Crippen LogP contribution in [0.2, 0.25) is 0 Å². The van der Waals surface area contributed by atoms with Crippen molar-refractivity contribution in [1.82, 2.24) is 10.3 Å². The molecular formula is C22H24F2N2O. The van der Waals surface area contributed by atoms with Crippen LogP contribution in [0.25, 0.3) is 10.9 Å². The minimum atomic E-state index is -0.353. The molecule has 2 heterocycles. The molecule has 0 bridgehead atoms. The number of aliphatic hydroxyl groups excluding tert-OH is 1. The summed E-state index contributed by atoms with van der Waals surface area (Å²) < 4.78 is 28.0. The van der Waals surface area contributed by atoms with Crippen molar-refractivity contribution in [2.24, 2.45) is 0 Å². The summed E-state index contributed by atoms with van der Waals surface area (Å²) in [5.41, 5.74) is 4.02. The highest BCUT2D eigenvalue weighted by Gasteiger charge is 2.31. The third kappa shape index (κ3) is 3.37. The van der Waals surface area contributed by atoms with E-state index >= 15 is 0 Å². The fourth-order valence-corrected chi connectivity index (χ4v) is 4.12. The first-order valence-electron chi connectivity index (χ1n) is 9.56. The molecule has 0 aliphatic carbocycles. The summed E-state index contributed by atoms with van der Waals surface area (Å²) in [5, 5.41) is 14.0. The van der Waals surface area contributed by atoms with Gasteiger partial charge in [0.2, 0.25) is 0 Å². The predicted octanol–water partition coefficient (Wildman–Crippen LogP) is 4.73. The molecule has 2 atom stereocenters. The number of fused-ring (bicyclic) bond motifs is 3. The van der Waals surface area contributed by atoms with Crippen molar-refractivity contribution in [2.45, 2.75) is 51.3 Å². The van der Waals surface area contributed by atoms with Gasteiger partial charge in [0.05, 0.1) is 18.2 Å². The van der Waals surface area contributed by atoms with Crippen LogP contribution in [0.15, 0.2) is 36.4 Å². The second kappa shape index (κ2) is 7.41. The van der Waals surface area contributed by atoms with Crippen molar-refractivity contribution in [3.63, 3.8) is 0 Å². The number of benzene rings is 2. The Labute approximate surface area is 157 Å². The molecule has 3 nitrogen and oxygen atoms in total. The third-order valence-corrected chi connectivity index (χ3v) is 5.49. The van der Waals surface area contributed by atoms with Gasteiger partial charge in [-0.2, -0.15) is 0 Å². The van der Waals surface area contributed by atoms with Crippen LogP contribution in [0.5, 0.6) is 0 Å². The van der Waals surface area contributed by atoms with E-state index in [4.69, 9.17) is 0 Å². The van der Waals surface area contributed by atoms with Crippen molar-refractivity contribution in [1.29, 1.82) is 0 Å². The number of aliphatic hydroxyl groups is 1. The van der Waals surface area contributed by atoms with Gasteiger partial charge in [-0.15, -0.1) is 0 Å².